The number of nitrogens with one attached hydrogen (secondary N) is 1. The molecule has 8 heteroatoms. The van der Waals surface area contributed by atoms with E-state index in [9.17, 15) is 22.2 Å². The minimum Gasteiger partial charge on any atom is -0.375 e. The van der Waals surface area contributed by atoms with Crippen molar-refractivity contribution < 1.29 is 26.7 Å². The molecule has 0 spiro atoms. The molecule has 104 valence electrons. The van der Waals surface area contributed by atoms with E-state index in [0.717, 1.165) is 5.56 Å². The van der Waals surface area contributed by atoms with Crippen molar-refractivity contribution in [3.63, 3.8) is 0 Å². The number of carbonyl (C=O) groups excluding carboxylic acids is 1. The molecule has 4 nitrogen and oxygen atoms in total. The number of anilines is 1. The van der Waals surface area contributed by atoms with Gasteiger partial charge in [0.05, 0.1) is 10.9 Å². The van der Waals surface area contributed by atoms with Gasteiger partial charge in [-0.25, -0.2) is 4.21 Å². The van der Waals surface area contributed by atoms with Crippen LogP contribution in [0.3, 0.4) is 0 Å². The second-order valence-corrected chi connectivity index (χ2v) is 5.14. The molecular weight excluding hydrogens is 283 g/mol. The first kappa shape index (κ1) is 14.0. The van der Waals surface area contributed by atoms with Crippen molar-refractivity contribution in [2.45, 2.75) is 30.0 Å². The highest BCUT2D eigenvalue weighted by atomic mass is 32.2. The first-order valence-corrected chi connectivity index (χ1v) is 6.51. The highest BCUT2D eigenvalue weighted by Gasteiger charge is 2.44. The predicted octanol–water partition coefficient (Wildman–Crippen LogP) is 2.13. The Balaban J connectivity index is 2.25. The molecule has 0 saturated heterocycles. The number of hydrogen-bond donors (Lipinski definition) is 2. The summed E-state index contributed by atoms with van der Waals surface area (Å²) in [5.74, 6) is -1.83. The predicted molar refractivity (Wildman–Crippen MR) is 62.3 cm³/mol. The number of Topliss-reactive ketones (excluding diaryl/α,β-unsaturated/α-hetero) is 1. The third-order valence-electron chi connectivity index (χ3n) is 2.91. The van der Waals surface area contributed by atoms with E-state index in [1.807, 2.05) is 0 Å². The molecule has 0 saturated carbocycles. The van der Waals surface area contributed by atoms with Crippen LogP contribution in [-0.2, 0) is 22.3 Å². The highest BCUT2D eigenvalue weighted by molar-refractivity contribution is 7.79. The molecule has 1 aliphatic heterocycles. The Morgan fingerprint density at radius 3 is 2.68 bits per heavy atom. The Hall–Kier alpha value is -1.41. The van der Waals surface area contributed by atoms with Crippen molar-refractivity contribution in [1.29, 1.82) is 0 Å². The average Bonchev–Trinajstić information content (AvgIpc) is 2.35. The number of ketones is 1. The zero-order valence-electron chi connectivity index (χ0n) is 9.53. The lowest BCUT2D eigenvalue weighted by Crippen LogP contribution is -2.41. The van der Waals surface area contributed by atoms with Gasteiger partial charge < -0.3 is 9.87 Å². The van der Waals surface area contributed by atoms with Crippen LogP contribution in [0.5, 0.6) is 0 Å². The lowest BCUT2D eigenvalue weighted by molar-refractivity contribution is -0.172. The van der Waals surface area contributed by atoms with Crippen molar-refractivity contribution in [3.8, 4) is 0 Å². The quantitative estimate of drug-likeness (QED) is 0.820. The van der Waals surface area contributed by atoms with Gasteiger partial charge in [0.25, 0.3) is 5.78 Å². The summed E-state index contributed by atoms with van der Waals surface area (Å²) >= 11 is -2.21. The molecule has 0 radical (unpaired) electrons. The zero-order valence-corrected chi connectivity index (χ0v) is 10.3. The van der Waals surface area contributed by atoms with Crippen LogP contribution in [0.2, 0.25) is 0 Å². The number of fused-ring (bicyclic) bond motifs is 1. The molecule has 2 N–H and O–H groups in total. The molecule has 1 aromatic carbocycles. The van der Waals surface area contributed by atoms with Gasteiger partial charge in [0, 0.05) is 5.69 Å². The molecule has 0 amide bonds. The summed E-state index contributed by atoms with van der Waals surface area (Å²) in [4.78, 5) is 11.2. The number of halogens is 3. The summed E-state index contributed by atoms with van der Waals surface area (Å²) in [5.41, 5.74) is 1.02. The van der Waals surface area contributed by atoms with Crippen LogP contribution in [0.4, 0.5) is 18.9 Å². The second kappa shape index (κ2) is 4.93. The van der Waals surface area contributed by atoms with E-state index < -0.39 is 29.1 Å². The molecule has 0 aliphatic carbocycles. The first-order valence-electron chi connectivity index (χ1n) is 5.40. The third kappa shape index (κ3) is 2.95. The van der Waals surface area contributed by atoms with Gasteiger partial charge in [-0.05, 0) is 30.5 Å². The first-order chi connectivity index (χ1) is 8.79. The van der Waals surface area contributed by atoms with Crippen LogP contribution < -0.4 is 5.32 Å². The van der Waals surface area contributed by atoms with Crippen molar-refractivity contribution >= 4 is 22.6 Å². The van der Waals surface area contributed by atoms with E-state index in [2.05, 4.69) is 5.32 Å². The standard InChI is InChI=1S/C11H10F3NO3S/c12-11(13,14)10(16)8-4-2-6-1-3-7(19(17)18)5-9(6)15-8/h1,3,5,8,15H,2,4H2,(H,17,18). The fraction of sp³-hybridized carbons (Fsp3) is 0.364. The lowest BCUT2D eigenvalue weighted by Gasteiger charge is -2.26. The number of alkyl halides is 3. The minimum atomic E-state index is -4.88. The number of hydrogen-bond acceptors (Lipinski definition) is 3. The lowest BCUT2D eigenvalue weighted by atomic mass is 9.95. The van der Waals surface area contributed by atoms with Crippen molar-refractivity contribution in [1.82, 2.24) is 0 Å². The Labute approximate surface area is 109 Å². The summed E-state index contributed by atoms with van der Waals surface area (Å²) in [5, 5.41) is 2.48. The Morgan fingerprint density at radius 1 is 1.42 bits per heavy atom. The van der Waals surface area contributed by atoms with Crippen molar-refractivity contribution in [3.05, 3.63) is 23.8 Å². The smallest absolute Gasteiger partial charge is 0.375 e. The van der Waals surface area contributed by atoms with Crippen LogP contribution in [0.25, 0.3) is 0 Å². The fourth-order valence-corrected chi connectivity index (χ4v) is 2.37. The van der Waals surface area contributed by atoms with Gasteiger partial charge in [-0.1, -0.05) is 6.07 Å². The van der Waals surface area contributed by atoms with E-state index in [4.69, 9.17) is 4.55 Å². The van der Waals surface area contributed by atoms with Crippen LogP contribution in [0.1, 0.15) is 12.0 Å². The van der Waals surface area contributed by atoms with Gasteiger partial charge in [-0.3, -0.25) is 4.79 Å². The molecule has 1 aromatic rings. The maximum Gasteiger partial charge on any atom is 0.452 e. The molecule has 0 aromatic heterocycles. The van der Waals surface area contributed by atoms with E-state index >= 15 is 0 Å². The number of rotatable bonds is 2. The van der Waals surface area contributed by atoms with E-state index in [1.54, 1.807) is 6.07 Å². The highest BCUT2D eigenvalue weighted by Crippen LogP contribution is 2.30. The van der Waals surface area contributed by atoms with E-state index in [1.165, 1.54) is 12.1 Å². The monoisotopic (exact) mass is 293 g/mol. The number of aryl methyl sites for hydroxylation is 1. The molecule has 0 bridgehead atoms. The summed E-state index contributed by atoms with van der Waals surface area (Å²) in [6.07, 6.45) is -4.52. The Bertz CT molecular complexity index is 544. The zero-order chi connectivity index (χ0) is 14.2. The summed E-state index contributed by atoms with van der Waals surface area (Å²) < 4.78 is 56.8. The van der Waals surface area contributed by atoms with Gasteiger partial charge in [0.1, 0.15) is 0 Å². The van der Waals surface area contributed by atoms with Crippen molar-refractivity contribution in [2.24, 2.45) is 0 Å². The Kier molecular flexibility index (Phi) is 3.64. The SMILES string of the molecule is O=C(C1CCc2ccc(S(=O)O)cc2N1)C(F)(F)F. The molecule has 2 atom stereocenters. The van der Waals surface area contributed by atoms with Gasteiger partial charge in [-0.15, -0.1) is 0 Å². The fourth-order valence-electron chi connectivity index (χ4n) is 1.97. The van der Waals surface area contributed by atoms with Crippen LogP contribution in [-0.4, -0.2) is 26.8 Å². The molecule has 1 aliphatic rings. The summed E-state index contributed by atoms with van der Waals surface area (Å²) in [6, 6.07) is 2.96. The summed E-state index contributed by atoms with van der Waals surface area (Å²) in [7, 11) is 0. The topological polar surface area (TPSA) is 66.4 Å². The molecule has 19 heavy (non-hydrogen) atoms. The molecule has 2 unspecified atom stereocenters. The van der Waals surface area contributed by atoms with Crippen LogP contribution >= 0.6 is 0 Å². The van der Waals surface area contributed by atoms with Gasteiger partial charge in [0.2, 0.25) is 0 Å². The second-order valence-electron chi connectivity index (χ2n) is 4.17. The average molecular weight is 293 g/mol. The number of benzene rings is 1. The Morgan fingerprint density at radius 2 is 2.11 bits per heavy atom. The van der Waals surface area contributed by atoms with Crippen molar-refractivity contribution in [2.75, 3.05) is 5.32 Å². The minimum absolute atomic E-state index is 0.0485. The third-order valence-corrected chi connectivity index (χ3v) is 3.57. The molecular formula is C11H10F3NO3S. The van der Waals surface area contributed by atoms with Gasteiger partial charge in [-0.2, -0.15) is 13.2 Å². The molecule has 1 heterocycles. The van der Waals surface area contributed by atoms with Gasteiger partial charge in [0.15, 0.2) is 11.1 Å². The van der Waals surface area contributed by atoms with Gasteiger partial charge >= 0.3 is 6.18 Å². The largest absolute Gasteiger partial charge is 0.452 e. The number of carbonyl (C=O) groups is 1. The molecule has 2 rings (SSSR count). The summed E-state index contributed by atoms with van der Waals surface area (Å²) in [6.45, 7) is 0. The molecule has 0 fully saturated rings. The van der Waals surface area contributed by atoms with E-state index in [0.29, 0.717) is 12.1 Å². The van der Waals surface area contributed by atoms with E-state index in [-0.39, 0.29) is 11.3 Å². The normalized spacial score (nSPS) is 20.3. The maximum absolute atomic E-state index is 12.3. The van der Waals surface area contributed by atoms with Crippen LogP contribution in [0, 0.1) is 0 Å². The maximum atomic E-state index is 12.3. The van der Waals surface area contributed by atoms with Crippen LogP contribution in [0.15, 0.2) is 23.1 Å².